The van der Waals surface area contributed by atoms with Gasteiger partial charge in [-0.3, -0.25) is 4.90 Å². The van der Waals surface area contributed by atoms with E-state index in [1.165, 1.54) is 43.5 Å². The lowest BCUT2D eigenvalue weighted by atomic mass is 9.83. The highest BCUT2D eigenvalue weighted by Gasteiger charge is 2.32. The maximum absolute atomic E-state index is 3.39. The van der Waals surface area contributed by atoms with Gasteiger partial charge in [-0.25, -0.2) is 0 Å². The maximum Gasteiger partial charge on any atom is 0.0391 e. The maximum atomic E-state index is 3.39. The average molecular weight is 260 g/mol. The van der Waals surface area contributed by atoms with Crippen molar-refractivity contribution in [3.8, 4) is 0 Å². The second-order valence-corrected chi connectivity index (χ2v) is 5.80. The van der Waals surface area contributed by atoms with E-state index in [4.69, 9.17) is 0 Å². The monoisotopic (exact) mass is 260 g/mol. The van der Waals surface area contributed by atoms with Crippen molar-refractivity contribution in [3.63, 3.8) is 0 Å². The fourth-order valence-electron chi connectivity index (χ4n) is 3.53. The van der Waals surface area contributed by atoms with Crippen LogP contribution in [0.5, 0.6) is 0 Å². The molecule has 0 spiro atoms. The van der Waals surface area contributed by atoms with E-state index in [-0.39, 0.29) is 0 Å². The van der Waals surface area contributed by atoms with Crippen molar-refractivity contribution in [3.05, 3.63) is 35.4 Å². The smallest absolute Gasteiger partial charge is 0.0391 e. The molecular weight excluding hydrogens is 232 g/mol. The van der Waals surface area contributed by atoms with Gasteiger partial charge in [-0.05, 0) is 69.9 Å². The Morgan fingerprint density at radius 1 is 1.32 bits per heavy atom. The molecule has 2 rings (SSSR count). The highest BCUT2D eigenvalue weighted by Crippen LogP contribution is 2.37. The van der Waals surface area contributed by atoms with Crippen molar-refractivity contribution >= 4 is 0 Å². The molecule has 1 aliphatic rings. The molecule has 0 saturated carbocycles. The van der Waals surface area contributed by atoms with Gasteiger partial charge < -0.3 is 5.32 Å². The summed E-state index contributed by atoms with van der Waals surface area (Å²) in [5.74, 6) is 0.742. The minimum atomic E-state index is 0.599. The standard InChI is InChI=1S/C17H28N2/c1-4-11-19-12-7-9-15(13-18-3)17(19)16-10-6-5-8-14(16)2/h5-6,8,10,15,17-18H,4,7,9,11-13H2,1-3H3. The van der Waals surface area contributed by atoms with Gasteiger partial charge in [0, 0.05) is 6.04 Å². The van der Waals surface area contributed by atoms with Crippen LogP contribution in [0.2, 0.25) is 0 Å². The van der Waals surface area contributed by atoms with Crippen molar-refractivity contribution < 1.29 is 0 Å². The Kier molecular flexibility index (Phi) is 5.41. The fraction of sp³-hybridized carbons (Fsp3) is 0.647. The quantitative estimate of drug-likeness (QED) is 0.873. The van der Waals surface area contributed by atoms with Crippen molar-refractivity contribution in [1.82, 2.24) is 10.2 Å². The first kappa shape index (κ1) is 14.5. The molecule has 0 amide bonds. The van der Waals surface area contributed by atoms with E-state index in [9.17, 15) is 0 Å². The van der Waals surface area contributed by atoms with Crippen LogP contribution in [-0.4, -0.2) is 31.6 Å². The lowest BCUT2D eigenvalue weighted by Crippen LogP contribution is -2.42. The third kappa shape index (κ3) is 3.37. The van der Waals surface area contributed by atoms with Crippen molar-refractivity contribution in [1.29, 1.82) is 0 Å². The van der Waals surface area contributed by atoms with Crippen LogP contribution in [0.3, 0.4) is 0 Å². The van der Waals surface area contributed by atoms with Gasteiger partial charge in [-0.15, -0.1) is 0 Å². The molecule has 2 atom stereocenters. The zero-order valence-corrected chi connectivity index (χ0v) is 12.7. The van der Waals surface area contributed by atoms with Gasteiger partial charge in [-0.1, -0.05) is 31.2 Å². The van der Waals surface area contributed by atoms with E-state index in [2.05, 4.69) is 55.4 Å². The topological polar surface area (TPSA) is 15.3 Å². The Morgan fingerprint density at radius 3 is 2.79 bits per heavy atom. The van der Waals surface area contributed by atoms with E-state index >= 15 is 0 Å². The third-order valence-corrected chi connectivity index (χ3v) is 4.34. The zero-order chi connectivity index (χ0) is 13.7. The van der Waals surface area contributed by atoms with Crippen LogP contribution in [0.15, 0.2) is 24.3 Å². The molecule has 1 aliphatic heterocycles. The molecule has 0 radical (unpaired) electrons. The molecule has 2 unspecified atom stereocenters. The van der Waals surface area contributed by atoms with E-state index in [0.29, 0.717) is 6.04 Å². The van der Waals surface area contributed by atoms with E-state index < -0.39 is 0 Å². The van der Waals surface area contributed by atoms with Crippen LogP contribution in [-0.2, 0) is 0 Å². The second kappa shape index (κ2) is 7.06. The molecule has 2 heteroatoms. The van der Waals surface area contributed by atoms with E-state index in [0.717, 1.165) is 12.5 Å². The Labute approximate surface area is 118 Å². The molecule has 0 bridgehead atoms. The number of piperidine rings is 1. The summed E-state index contributed by atoms with van der Waals surface area (Å²) >= 11 is 0. The van der Waals surface area contributed by atoms with Crippen LogP contribution in [0, 0.1) is 12.8 Å². The Morgan fingerprint density at radius 2 is 2.11 bits per heavy atom. The van der Waals surface area contributed by atoms with Gasteiger partial charge in [0.25, 0.3) is 0 Å². The van der Waals surface area contributed by atoms with Crippen LogP contribution < -0.4 is 5.32 Å². The number of hydrogen-bond donors (Lipinski definition) is 1. The normalized spacial score (nSPS) is 24.6. The highest BCUT2D eigenvalue weighted by molar-refractivity contribution is 5.30. The van der Waals surface area contributed by atoms with Gasteiger partial charge in [0.1, 0.15) is 0 Å². The average Bonchev–Trinajstić information content (AvgIpc) is 2.41. The van der Waals surface area contributed by atoms with Gasteiger partial charge in [0.15, 0.2) is 0 Å². The summed E-state index contributed by atoms with van der Waals surface area (Å²) in [7, 11) is 2.08. The molecule has 0 aliphatic carbocycles. The molecule has 2 nitrogen and oxygen atoms in total. The molecule has 1 heterocycles. The van der Waals surface area contributed by atoms with E-state index in [1.807, 2.05) is 0 Å². The highest BCUT2D eigenvalue weighted by atomic mass is 15.2. The van der Waals surface area contributed by atoms with Gasteiger partial charge >= 0.3 is 0 Å². The Bertz CT molecular complexity index is 371. The summed E-state index contributed by atoms with van der Waals surface area (Å²) < 4.78 is 0. The summed E-state index contributed by atoms with van der Waals surface area (Å²) in [6.45, 7) is 8.15. The SMILES string of the molecule is CCCN1CCCC(CNC)C1c1ccccc1C. The summed E-state index contributed by atoms with van der Waals surface area (Å²) in [5.41, 5.74) is 2.98. The molecular formula is C17H28N2. The predicted molar refractivity (Wildman–Crippen MR) is 82.4 cm³/mol. The molecule has 0 aromatic heterocycles. The summed E-state index contributed by atoms with van der Waals surface area (Å²) in [6, 6.07) is 9.53. The van der Waals surface area contributed by atoms with Crippen LogP contribution in [0.25, 0.3) is 0 Å². The molecule has 19 heavy (non-hydrogen) atoms. The molecule has 1 aromatic rings. The van der Waals surface area contributed by atoms with Crippen LogP contribution in [0.4, 0.5) is 0 Å². The summed E-state index contributed by atoms with van der Waals surface area (Å²) in [5, 5.41) is 3.39. The molecule has 1 N–H and O–H groups in total. The van der Waals surface area contributed by atoms with Gasteiger partial charge in [-0.2, -0.15) is 0 Å². The Balaban J connectivity index is 2.29. The van der Waals surface area contributed by atoms with Crippen molar-refractivity contribution in [2.45, 2.75) is 39.2 Å². The fourth-order valence-corrected chi connectivity index (χ4v) is 3.53. The minimum Gasteiger partial charge on any atom is -0.319 e. The van der Waals surface area contributed by atoms with Crippen LogP contribution >= 0.6 is 0 Å². The summed E-state index contributed by atoms with van der Waals surface area (Å²) in [6.07, 6.45) is 3.93. The van der Waals surface area contributed by atoms with E-state index in [1.54, 1.807) is 0 Å². The first-order valence-electron chi connectivity index (χ1n) is 7.72. The number of likely N-dealkylation sites (tertiary alicyclic amines) is 1. The lowest BCUT2D eigenvalue weighted by Gasteiger charge is -2.42. The number of nitrogens with one attached hydrogen (secondary N) is 1. The molecule has 1 fully saturated rings. The first-order chi connectivity index (χ1) is 9.27. The summed E-state index contributed by atoms with van der Waals surface area (Å²) in [4.78, 5) is 2.70. The lowest BCUT2D eigenvalue weighted by molar-refractivity contribution is 0.0920. The number of hydrogen-bond acceptors (Lipinski definition) is 2. The second-order valence-electron chi connectivity index (χ2n) is 5.80. The van der Waals surface area contributed by atoms with Crippen LogP contribution in [0.1, 0.15) is 43.4 Å². The van der Waals surface area contributed by atoms with Gasteiger partial charge in [0.2, 0.25) is 0 Å². The predicted octanol–water partition coefficient (Wildman–Crippen LogP) is 3.38. The molecule has 106 valence electrons. The zero-order valence-electron chi connectivity index (χ0n) is 12.7. The number of benzene rings is 1. The van der Waals surface area contributed by atoms with Gasteiger partial charge in [0.05, 0.1) is 0 Å². The van der Waals surface area contributed by atoms with Crippen molar-refractivity contribution in [2.24, 2.45) is 5.92 Å². The number of aryl methyl sites for hydroxylation is 1. The first-order valence-corrected chi connectivity index (χ1v) is 7.72. The number of rotatable bonds is 5. The number of nitrogens with zero attached hydrogens (tertiary/aromatic N) is 1. The minimum absolute atomic E-state index is 0.599. The van der Waals surface area contributed by atoms with Crippen molar-refractivity contribution in [2.75, 3.05) is 26.7 Å². The third-order valence-electron chi connectivity index (χ3n) is 4.34. The Hall–Kier alpha value is -0.860. The largest absolute Gasteiger partial charge is 0.319 e. The molecule has 1 saturated heterocycles. The molecule has 1 aromatic carbocycles.